The van der Waals surface area contributed by atoms with Crippen LogP contribution in [-0.2, 0) is 9.59 Å². The van der Waals surface area contributed by atoms with Crippen LogP contribution in [0.4, 0.5) is 11.4 Å². The number of hydrogen-bond donors (Lipinski definition) is 1. The normalized spacial score (nSPS) is 13.5. The lowest BCUT2D eigenvalue weighted by Gasteiger charge is -2.14. The molecule has 0 unspecified atom stereocenters. The molecule has 3 aromatic rings. The second-order valence-electron chi connectivity index (χ2n) is 5.73. The number of anilines is 2. The van der Waals surface area contributed by atoms with Gasteiger partial charge in [-0.3, -0.25) is 19.4 Å². The molecule has 126 valence electrons. The number of benzene rings is 2. The lowest BCUT2D eigenvalue weighted by atomic mass is 10.1. The second kappa shape index (κ2) is 6.25. The maximum atomic E-state index is 12.5. The van der Waals surface area contributed by atoms with Crippen LogP contribution in [0.15, 0.2) is 72.9 Å². The van der Waals surface area contributed by atoms with Crippen LogP contribution in [0.3, 0.4) is 0 Å². The lowest BCUT2D eigenvalue weighted by Crippen LogP contribution is -2.29. The van der Waals surface area contributed by atoms with E-state index in [1.54, 1.807) is 36.5 Å². The van der Waals surface area contributed by atoms with Crippen LogP contribution in [0.5, 0.6) is 0 Å². The van der Waals surface area contributed by atoms with Crippen molar-refractivity contribution in [3.05, 3.63) is 78.5 Å². The third-order valence-corrected chi connectivity index (χ3v) is 4.08. The van der Waals surface area contributed by atoms with E-state index < -0.39 is 11.8 Å². The Labute approximate surface area is 148 Å². The molecule has 26 heavy (non-hydrogen) atoms. The van der Waals surface area contributed by atoms with Gasteiger partial charge in [-0.15, -0.1) is 0 Å². The summed E-state index contributed by atoms with van der Waals surface area (Å²) in [6.07, 6.45) is 4.11. The third-order valence-electron chi connectivity index (χ3n) is 4.08. The predicted molar refractivity (Wildman–Crippen MR) is 97.8 cm³/mol. The van der Waals surface area contributed by atoms with Crippen LogP contribution >= 0.6 is 0 Å². The molecule has 1 aromatic heterocycles. The number of carbonyl (C=O) groups excluding carboxylic acids is 3. The van der Waals surface area contributed by atoms with Crippen molar-refractivity contribution >= 4 is 40.0 Å². The summed E-state index contributed by atoms with van der Waals surface area (Å²) in [4.78, 5) is 41.3. The van der Waals surface area contributed by atoms with Gasteiger partial charge in [-0.05, 0) is 36.4 Å². The molecule has 0 saturated carbocycles. The van der Waals surface area contributed by atoms with Crippen LogP contribution in [0.2, 0.25) is 0 Å². The minimum absolute atomic E-state index is 0.299. The molecule has 6 heteroatoms. The number of hydrogen-bond acceptors (Lipinski definition) is 4. The van der Waals surface area contributed by atoms with Gasteiger partial charge in [0.05, 0.1) is 16.9 Å². The van der Waals surface area contributed by atoms with E-state index in [0.29, 0.717) is 22.5 Å². The predicted octanol–water partition coefficient (Wildman–Crippen LogP) is 2.92. The Bertz CT molecular complexity index is 1050. The number of nitrogens with zero attached hydrogens (tertiary/aromatic N) is 2. The van der Waals surface area contributed by atoms with Crippen molar-refractivity contribution in [2.45, 2.75) is 0 Å². The Balaban J connectivity index is 1.57. The third kappa shape index (κ3) is 2.73. The van der Waals surface area contributed by atoms with E-state index in [2.05, 4.69) is 10.3 Å². The van der Waals surface area contributed by atoms with Gasteiger partial charge in [0.25, 0.3) is 17.7 Å². The van der Waals surface area contributed by atoms with Gasteiger partial charge in [0.1, 0.15) is 0 Å². The summed E-state index contributed by atoms with van der Waals surface area (Å²) in [5, 5.41) is 3.78. The average molecular weight is 343 g/mol. The molecular formula is C20H13N3O3. The fourth-order valence-corrected chi connectivity index (χ4v) is 2.82. The Hall–Kier alpha value is -3.80. The first-order valence-electron chi connectivity index (χ1n) is 7.95. The van der Waals surface area contributed by atoms with E-state index in [1.165, 1.54) is 12.2 Å². The zero-order valence-electron chi connectivity index (χ0n) is 13.5. The Kier molecular flexibility index (Phi) is 3.78. The van der Waals surface area contributed by atoms with Crippen molar-refractivity contribution in [2.75, 3.05) is 10.2 Å². The van der Waals surface area contributed by atoms with Crippen molar-refractivity contribution in [1.82, 2.24) is 4.98 Å². The molecular weight excluding hydrogens is 330 g/mol. The summed E-state index contributed by atoms with van der Waals surface area (Å²) >= 11 is 0. The first-order valence-corrected chi connectivity index (χ1v) is 7.95. The number of imide groups is 1. The number of fused-ring (bicyclic) bond motifs is 1. The fraction of sp³-hybridized carbons (Fsp3) is 0. The van der Waals surface area contributed by atoms with Gasteiger partial charge in [0.15, 0.2) is 0 Å². The molecule has 0 atom stereocenters. The van der Waals surface area contributed by atoms with Gasteiger partial charge in [-0.1, -0.05) is 18.2 Å². The second-order valence-corrected chi connectivity index (χ2v) is 5.73. The zero-order chi connectivity index (χ0) is 18.1. The quantitative estimate of drug-likeness (QED) is 0.742. The molecule has 1 aliphatic rings. The topological polar surface area (TPSA) is 79.4 Å². The molecule has 3 amide bonds. The zero-order valence-corrected chi connectivity index (χ0v) is 13.5. The number of para-hydroxylation sites is 1. The van der Waals surface area contributed by atoms with Crippen LogP contribution in [0, 0.1) is 0 Å². The van der Waals surface area contributed by atoms with E-state index >= 15 is 0 Å². The molecule has 0 fully saturated rings. The number of pyridine rings is 1. The maximum Gasteiger partial charge on any atom is 0.258 e. The highest BCUT2D eigenvalue weighted by atomic mass is 16.2. The minimum atomic E-state index is -0.394. The monoisotopic (exact) mass is 343 g/mol. The van der Waals surface area contributed by atoms with Crippen molar-refractivity contribution in [3.63, 3.8) is 0 Å². The molecule has 1 N–H and O–H groups in total. The largest absolute Gasteiger partial charge is 0.320 e. The smallest absolute Gasteiger partial charge is 0.258 e. The summed E-state index contributed by atoms with van der Waals surface area (Å²) in [5.74, 6) is -1.09. The number of rotatable bonds is 3. The van der Waals surface area contributed by atoms with Gasteiger partial charge < -0.3 is 5.32 Å². The summed E-state index contributed by atoms with van der Waals surface area (Å²) in [5.41, 5.74) is 2.16. The maximum absolute atomic E-state index is 12.5. The van der Waals surface area contributed by atoms with Crippen LogP contribution in [0.25, 0.3) is 10.9 Å². The molecule has 1 aliphatic heterocycles. The molecule has 0 saturated heterocycles. The highest BCUT2D eigenvalue weighted by Crippen LogP contribution is 2.23. The molecule has 2 aromatic carbocycles. The Morgan fingerprint density at radius 1 is 0.885 bits per heavy atom. The van der Waals surface area contributed by atoms with Gasteiger partial charge in [-0.2, -0.15) is 0 Å². The summed E-state index contributed by atoms with van der Waals surface area (Å²) < 4.78 is 0. The van der Waals surface area contributed by atoms with Gasteiger partial charge in [-0.25, -0.2) is 4.90 Å². The molecule has 0 radical (unpaired) electrons. The van der Waals surface area contributed by atoms with Gasteiger partial charge in [0.2, 0.25) is 0 Å². The average Bonchev–Trinajstić information content (AvgIpc) is 3.00. The summed E-state index contributed by atoms with van der Waals surface area (Å²) in [7, 11) is 0. The summed E-state index contributed by atoms with van der Waals surface area (Å²) in [6.45, 7) is 0. The lowest BCUT2D eigenvalue weighted by molar-refractivity contribution is -0.119. The number of amides is 3. The van der Waals surface area contributed by atoms with Crippen LogP contribution in [0.1, 0.15) is 10.4 Å². The molecule has 0 aliphatic carbocycles. The standard InChI is InChI=1S/C20H13N3O3/c24-17-10-11-18(25)23(17)15-8-6-14(7-9-15)20(26)22-16-5-1-3-13-4-2-12-21-19(13)16/h1-12H,(H,22,26). The van der Waals surface area contributed by atoms with Gasteiger partial charge >= 0.3 is 0 Å². The highest BCUT2D eigenvalue weighted by molar-refractivity contribution is 6.28. The molecule has 0 bridgehead atoms. The SMILES string of the molecule is O=C(Nc1cccc2cccnc12)c1ccc(N2C(=O)C=CC2=O)cc1. The van der Waals surface area contributed by atoms with Crippen molar-refractivity contribution in [3.8, 4) is 0 Å². The van der Waals surface area contributed by atoms with Crippen LogP contribution < -0.4 is 10.2 Å². The van der Waals surface area contributed by atoms with Crippen molar-refractivity contribution in [1.29, 1.82) is 0 Å². The number of nitrogens with one attached hydrogen (secondary N) is 1. The van der Waals surface area contributed by atoms with E-state index in [1.807, 2.05) is 24.3 Å². The first kappa shape index (κ1) is 15.7. The molecule has 0 spiro atoms. The van der Waals surface area contributed by atoms with E-state index in [9.17, 15) is 14.4 Å². The minimum Gasteiger partial charge on any atom is -0.320 e. The molecule has 2 heterocycles. The molecule has 6 nitrogen and oxygen atoms in total. The van der Waals surface area contributed by atoms with E-state index in [-0.39, 0.29) is 5.91 Å². The van der Waals surface area contributed by atoms with E-state index in [0.717, 1.165) is 10.3 Å². The van der Waals surface area contributed by atoms with Crippen LogP contribution in [-0.4, -0.2) is 22.7 Å². The highest BCUT2D eigenvalue weighted by Gasteiger charge is 2.25. The van der Waals surface area contributed by atoms with Crippen molar-refractivity contribution < 1.29 is 14.4 Å². The Morgan fingerprint density at radius 3 is 2.31 bits per heavy atom. The number of aromatic nitrogens is 1. The van der Waals surface area contributed by atoms with E-state index in [4.69, 9.17) is 0 Å². The van der Waals surface area contributed by atoms with Crippen molar-refractivity contribution in [2.24, 2.45) is 0 Å². The molecule has 4 rings (SSSR count). The summed E-state index contributed by atoms with van der Waals surface area (Å²) in [6, 6.07) is 15.6. The first-order chi connectivity index (χ1) is 12.6. The van der Waals surface area contributed by atoms with Gasteiger partial charge in [0, 0.05) is 29.3 Å². The number of carbonyl (C=O) groups is 3. The Morgan fingerprint density at radius 2 is 1.58 bits per heavy atom. The fourth-order valence-electron chi connectivity index (χ4n) is 2.82.